The monoisotopic (exact) mass is 267 g/mol. The quantitative estimate of drug-likeness (QED) is 0.876. The summed E-state index contributed by atoms with van der Waals surface area (Å²) in [5.74, 6) is 0.0907. The highest BCUT2D eigenvalue weighted by Gasteiger charge is 2.24. The number of hydrogen-bond donors (Lipinski definition) is 2. The van der Waals surface area contributed by atoms with Gasteiger partial charge in [0.1, 0.15) is 5.82 Å². The molecule has 0 bridgehead atoms. The Labute approximate surface area is 113 Å². The minimum absolute atomic E-state index is 0.246. The molecule has 1 aliphatic heterocycles. The van der Waals surface area contributed by atoms with Gasteiger partial charge in [-0.25, -0.2) is 4.39 Å². The van der Waals surface area contributed by atoms with Crippen LogP contribution >= 0.6 is 0 Å². The van der Waals surface area contributed by atoms with E-state index < -0.39 is 6.10 Å². The molecule has 0 radical (unpaired) electrons. The predicted octanol–water partition coefficient (Wildman–Crippen LogP) is 1.95. The summed E-state index contributed by atoms with van der Waals surface area (Å²) in [7, 11) is 0. The maximum Gasteiger partial charge on any atom is 0.123 e. The molecule has 2 atom stereocenters. The lowest BCUT2D eigenvalue weighted by molar-refractivity contribution is 0.0485. The van der Waals surface area contributed by atoms with E-state index in [0.29, 0.717) is 12.5 Å². The molecule has 0 aliphatic carbocycles. The van der Waals surface area contributed by atoms with Gasteiger partial charge in [0.15, 0.2) is 0 Å². The lowest BCUT2D eigenvalue weighted by Crippen LogP contribution is -2.39. The van der Waals surface area contributed by atoms with Gasteiger partial charge in [-0.1, -0.05) is 12.1 Å². The molecule has 1 heterocycles. The molecule has 4 heteroatoms. The average molecular weight is 267 g/mol. The summed E-state index contributed by atoms with van der Waals surface area (Å²) in [6.07, 6.45) is 1.11. The molecule has 0 amide bonds. The Hall–Kier alpha value is -0.970. The molecule has 1 aromatic rings. The summed E-state index contributed by atoms with van der Waals surface area (Å²) in [5.41, 5.74) is 0.749. The molecule has 3 nitrogen and oxygen atoms in total. The first-order valence-electron chi connectivity index (χ1n) is 6.90. The molecule has 0 spiro atoms. The van der Waals surface area contributed by atoms with E-state index in [2.05, 4.69) is 4.90 Å². The van der Waals surface area contributed by atoms with Crippen LogP contribution in [0, 0.1) is 11.7 Å². The highest BCUT2D eigenvalue weighted by atomic mass is 19.1. The minimum Gasteiger partial charge on any atom is -0.393 e. The molecule has 2 unspecified atom stereocenters. The molecule has 0 saturated carbocycles. The van der Waals surface area contributed by atoms with Gasteiger partial charge in [0.2, 0.25) is 0 Å². The summed E-state index contributed by atoms with van der Waals surface area (Å²) in [5, 5.41) is 19.7. The molecule has 1 fully saturated rings. The van der Waals surface area contributed by atoms with E-state index in [-0.39, 0.29) is 11.9 Å². The lowest BCUT2D eigenvalue weighted by Gasteiger charge is -2.34. The zero-order valence-corrected chi connectivity index (χ0v) is 11.3. The van der Waals surface area contributed by atoms with Crippen LogP contribution < -0.4 is 0 Å². The van der Waals surface area contributed by atoms with Crippen LogP contribution in [0.15, 0.2) is 24.3 Å². The predicted molar refractivity (Wildman–Crippen MR) is 72.2 cm³/mol. The van der Waals surface area contributed by atoms with Crippen LogP contribution in [0.4, 0.5) is 4.39 Å². The third-order valence-electron chi connectivity index (χ3n) is 4.00. The Morgan fingerprint density at radius 2 is 1.79 bits per heavy atom. The van der Waals surface area contributed by atoms with E-state index in [9.17, 15) is 14.6 Å². The van der Waals surface area contributed by atoms with Gasteiger partial charge in [-0.15, -0.1) is 0 Å². The van der Waals surface area contributed by atoms with Crippen molar-refractivity contribution in [2.75, 3.05) is 19.6 Å². The highest BCUT2D eigenvalue weighted by Crippen LogP contribution is 2.23. The Bertz CT molecular complexity index is 386. The van der Waals surface area contributed by atoms with Crippen molar-refractivity contribution >= 4 is 0 Å². The van der Waals surface area contributed by atoms with E-state index in [4.69, 9.17) is 0 Å². The Morgan fingerprint density at radius 3 is 2.32 bits per heavy atom. The first-order valence-corrected chi connectivity index (χ1v) is 6.90. The average Bonchev–Trinajstić information content (AvgIpc) is 2.40. The van der Waals surface area contributed by atoms with Crippen molar-refractivity contribution in [3.63, 3.8) is 0 Å². The van der Waals surface area contributed by atoms with Gasteiger partial charge in [-0.2, -0.15) is 0 Å². The third kappa shape index (κ3) is 4.00. The topological polar surface area (TPSA) is 43.7 Å². The van der Waals surface area contributed by atoms with Crippen molar-refractivity contribution in [1.29, 1.82) is 0 Å². The molecule has 1 aromatic carbocycles. The summed E-state index contributed by atoms with van der Waals surface area (Å²) < 4.78 is 12.8. The number of rotatable bonds is 4. The first-order chi connectivity index (χ1) is 9.06. The van der Waals surface area contributed by atoms with E-state index >= 15 is 0 Å². The number of β-amino-alcohol motifs (C(OH)–C–C–N with tert-alkyl or cyclic N) is 1. The van der Waals surface area contributed by atoms with Crippen LogP contribution in [-0.4, -0.2) is 40.9 Å². The zero-order chi connectivity index (χ0) is 13.8. The number of nitrogens with zero attached hydrogens (tertiary/aromatic N) is 1. The smallest absolute Gasteiger partial charge is 0.123 e. The van der Waals surface area contributed by atoms with Gasteiger partial charge in [0, 0.05) is 6.54 Å². The van der Waals surface area contributed by atoms with Gasteiger partial charge in [-0.05, 0) is 56.5 Å². The molecule has 2 N–H and O–H groups in total. The largest absolute Gasteiger partial charge is 0.393 e. The summed E-state index contributed by atoms with van der Waals surface area (Å²) in [6, 6.07) is 6.00. The second kappa shape index (κ2) is 6.46. The van der Waals surface area contributed by atoms with Crippen LogP contribution in [0.2, 0.25) is 0 Å². The fraction of sp³-hybridized carbons (Fsp3) is 0.600. The first kappa shape index (κ1) is 14.4. The normalized spacial score (nSPS) is 21.3. The van der Waals surface area contributed by atoms with Crippen molar-refractivity contribution in [3.05, 3.63) is 35.6 Å². The van der Waals surface area contributed by atoms with Gasteiger partial charge in [0.25, 0.3) is 0 Å². The third-order valence-corrected chi connectivity index (χ3v) is 4.00. The second-order valence-electron chi connectivity index (χ2n) is 5.45. The Kier molecular flexibility index (Phi) is 4.91. The molecule has 19 heavy (non-hydrogen) atoms. The van der Waals surface area contributed by atoms with E-state index in [0.717, 1.165) is 31.5 Å². The molecule has 0 aromatic heterocycles. The van der Waals surface area contributed by atoms with Gasteiger partial charge in [0.05, 0.1) is 12.2 Å². The number of aliphatic hydroxyl groups is 2. The number of benzene rings is 1. The fourth-order valence-electron chi connectivity index (χ4n) is 2.65. The van der Waals surface area contributed by atoms with Crippen LogP contribution in [-0.2, 0) is 0 Å². The van der Waals surface area contributed by atoms with E-state index in [1.165, 1.54) is 12.1 Å². The minimum atomic E-state index is -0.580. The van der Waals surface area contributed by atoms with Crippen molar-refractivity contribution in [1.82, 2.24) is 4.90 Å². The van der Waals surface area contributed by atoms with E-state index in [1.807, 2.05) is 6.92 Å². The molecular weight excluding hydrogens is 245 g/mol. The molecular formula is C15H22FNO2. The molecule has 106 valence electrons. The number of halogens is 1. The number of likely N-dealkylation sites (tertiary alicyclic amines) is 1. The van der Waals surface area contributed by atoms with Crippen LogP contribution in [0.1, 0.15) is 31.4 Å². The highest BCUT2D eigenvalue weighted by molar-refractivity contribution is 5.18. The van der Waals surface area contributed by atoms with Crippen LogP contribution in [0.25, 0.3) is 0 Å². The number of aliphatic hydroxyl groups excluding tert-OH is 2. The fourth-order valence-corrected chi connectivity index (χ4v) is 2.65. The summed E-state index contributed by atoms with van der Waals surface area (Å²) in [6.45, 7) is 4.20. The Balaban J connectivity index is 1.83. The Morgan fingerprint density at radius 1 is 1.21 bits per heavy atom. The van der Waals surface area contributed by atoms with Crippen LogP contribution in [0.3, 0.4) is 0 Å². The van der Waals surface area contributed by atoms with Gasteiger partial charge < -0.3 is 15.1 Å². The summed E-state index contributed by atoms with van der Waals surface area (Å²) in [4.78, 5) is 2.20. The SMILES string of the molecule is CC(O)C1CCN(CC(O)c2ccc(F)cc2)CC1. The molecule has 1 aliphatic rings. The van der Waals surface area contributed by atoms with Crippen molar-refractivity contribution in [3.8, 4) is 0 Å². The maximum absolute atomic E-state index is 12.8. The van der Waals surface area contributed by atoms with Crippen molar-refractivity contribution < 1.29 is 14.6 Å². The van der Waals surface area contributed by atoms with E-state index in [1.54, 1.807) is 12.1 Å². The lowest BCUT2D eigenvalue weighted by atomic mass is 9.92. The standard InChI is InChI=1S/C15H22FNO2/c1-11(18)12-6-8-17(9-7-12)10-15(19)13-2-4-14(16)5-3-13/h2-5,11-12,15,18-19H,6-10H2,1H3. The molecule has 2 rings (SSSR count). The molecule has 1 saturated heterocycles. The zero-order valence-electron chi connectivity index (χ0n) is 11.3. The second-order valence-corrected chi connectivity index (χ2v) is 5.45. The van der Waals surface area contributed by atoms with Crippen molar-refractivity contribution in [2.24, 2.45) is 5.92 Å². The number of hydrogen-bond acceptors (Lipinski definition) is 3. The van der Waals surface area contributed by atoms with Gasteiger partial charge >= 0.3 is 0 Å². The van der Waals surface area contributed by atoms with Crippen LogP contribution in [0.5, 0.6) is 0 Å². The maximum atomic E-state index is 12.8. The summed E-state index contributed by atoms with van der Waals surface area (Å²) >= 11 is 0. The number of piperidine rings is 1. The van der Waals surface area contributed by atoms with Crippen molar-refractivity contribution in [2.45, 2.75) is 32.0 Å². The van der Waals surface area contributed by atoms with Gasteiger partial charge in [-0.3, -0.25) is 0 Å².